The van der Waals surface area contributed by atoms with Gasteiger partial charge in [-0.3, -0.25) is 0 Å². The first kappa shape index (κ1) is 12.9. The molecule has 0 amide bonds. The van der Waals surface area contributed by atoms with Gasteiger partial charge >= 0.3 is 0 Å². The van der Waals surface area contributed by atoms with E-state index in [1.54, 1.807) is 0 Å². The maximum Gasteiger partial charge on any atom is -0.0120 e. The molecule has 0 aliphatic rings. The zero-order chi connectivity index (χ0) is 12.8. The topological polar surface area (TPSA) is 0 Å². The number of rotatable bonds is 5. The van der Waals surface area contributed by atoms with Gasteiger partial charge in [0.25, 0.3) is 0 Å². The molecule has 0 aromatic heterocycles. The highest BCUT2D eigenvalue weighted by Gasteiger charge is 2.09. The monoisotopic (exact) mass is 238 g/mol. The van der Waals surface area contributed by atoms with E-state index in [2.05, 4.69) is 62.4 Å². The molecule has 0 bridgehead atoms. The third kappa shape index (κ3) is 2.81. The van der Waals surface area contributed by atoms with E-state index in [1.165, 1.54) is 47.9 Å². The van der Waals surface area contributed by atoms with Crippen LogP contribution >= 0.6 is 0 Å². The van der Waals surface area contributed by atoms with Crippen molar-refractivity contribution in [2.75, 3.05) is 0 Å². The molecule has 0 atom stereocenters. The smallest absolute Gasteiger partial charge is 0.0120 e. The van der Waals surface area contributed by atoms with Crippen molar-refractivity contribution < 1.29 is 0 Å². The van der Waals surface area contributed by atoms with E-state index in [0.29, 0.717) is 0 Å². The third-order valence-electron chi connectivity index (χ3n) is 3.34. The van der Waals surface area contributed by atoms with Crippen LogP contribution in [0.4, 0.5) is 0 Å². The average Bonchev–Trinajstić information content (AvgIpc) is 2.41. The van der Waals surface area contributed by atoms with Crippen LogP contribution < -0.4 is 0 Å². The van der Waals surface area contributed by atoms with Gasteiger partial charge in [-0.05, 0) is 35.1 Å². The van der Waals surface area contributed by atoms with Crippen molar-refractivity contribution in [1.29, 1.82) is 0 Å². The molecule has 0 fully saturated rings. The van der Waals surface area contributed by atoms with Crippen molar-refractivity contribution in [1.82, 2.24) is 0 Å². The van der Waals surface area contributed by atoms with E-state index >= 15 is 0 Å². The molecule has 0 N–H and O–H groups in total. The van der Waals surface area contributed by atoms with Crippen LogP contribution in [0.25, 0.3) is 11.1 Å². The third-order valence-corrected chi connectivity index (χ3v) is 3.34. The molecule has 0 spiro atoms. The van der Waals surface area contributed by atoms with Crippen LogP contribution in [0.5, 0.6) is 0 Å². The molecule has 2 aromatic rings. The van der Waals surface area contributed by atoms with Crippen molar-refractivity contribution in [3.8, 4) is 11.1 Å². The molecule has 94 valence electrons. The van der Waals surface area contributed by atoms with Crippen LogP contribution in [0.3, 0.4) is 0 Å². The van der Waals surface area contributed by atoms with E-state index in [4.69, 9.17) is 0 Å². The summed E-state index contributed by atoms with van der Waals surface area (Å²) in [5.74, 6) is 0. The quantitative estimate of drug-likeness (QED) is 0.666. The molecule has 0 aliphatic carbocycles. The fourth-order valence-corrected chi connectivity index (χ4v) is 2.58. The van der Waals surface area contributed by atoms with E-state index in [-0.39, 0.29) is 0 Å². The predicted molar refractivity (Wildman–Crippen MR) is 79.9 cm³/mol. The normalized spacial score (nSPS) is 10.6. The molecule has 0 heteroatoms. The van der Waals surface area contributed by atoms with Crippen LogP contribution in [0.15, 0.2) is 48.5 Å². The molecule has 2 aromatic carbocycles. The van der Waals surface area contributed by atoms with Crippen LogP contribution in [0.1, 0.15) is 37.8 Å². The Morgan fingerprint density at radius 2 is 1.22 bits per heavy atom. The Labute approximate surface area is 111 Å². The second-order valence-corrected chi connectivity index (χ2v) is 4.82. The van der Waals surface area contributed by atoms with Crippen LogP contribution in [-0.2, 0) is 12.8 Å². The molecule has 0 aliphatic heterocycles. The van der Waals surface area contributed by atoms with Gasteiger partial charge in [-0.25, -0.2) is 0 Å². The number of benzene rings is 2. The Morgan fingerprint density at radius 3 is 1.72 bits per heavy atom. The summed E-state index contributed by atoms with van der Waals surface area (Å²) < 4.78 is 0. The Kier molecular flexibility index (Phi) is 4.58. The van der Waals surface area contributed by atoms with E-state index in [0.717, 1.165) is 0 Å². The maximum atomic E-state index is 2.28. The second-order valence-electron chi connectivity index (χ2n) is 4.82. The Balaban J connectivity index is 2.53. The molecule has 0 saturated carbocycles. The minimum absolute atomic E-state index is 1.17. The van der Waals surface area contributed by atoms with Gasteiger partial charge < -0.3 is 0 Å². The summed E-state index contributed by atoms with van der Waals surface area (Å²) in [5, 5.41) is 0. The maximum absolute atomic E-state index is 2.28. The van der Waals surface area contributed by atoms with E-state index in [9.17, 15) is 0 Å². The first-order valence-corrected chi connectivity index (χ1v) is 7.03. The van der Waals surface area contributed by atoms with Crippen molar-refractivity contribution in [3.63, 3.8) is 0 Å². The summed E-state index contributed by atoms with van der Waals surface area (Å²) in [6.45, 7) is 4.50. The lowest BCUT2D eigenvalue weighted by molar-refractivity contribution is 0.898. The molecular weight excluding hydrogens is 216 g/mol. The molecule has 0 unspecified atom stereocenters. The Morgan fingerprint density at radius 1 is 0.667 bits per heavy atom. The average molecular weight is 238 g/mol. The van der Waals surface area contributed by atoms with E-state index < -0.39 is 0 Å². The lowest BCUT2D eigenvalue weighted by Crippen LogP contribution is -1.96. The summed E-state index contributed by atoms with van der Waals surface area (Å²) in [6, 6.07) is 17.6. The molecule has 0 nitrogen and oxygen atoms in total. The van der Waals surface area contributed by atoms with Gasteiger partial charge in [0.1, 0.15) is 0 Å². The van der Waals surface area contributed by atoms with Gasteiger partial charge in [0.05, 0.1) is 0 Å². The fraction of sp³-hybridized carbons (Fsp3) is 0.333. The molecule has 0 saturated heterocycles. The van der Waals surface area contributed by atoms with Crippen LogP contribution in [-0.4, -0.2) is 0 Å². The molecule has 18 heavy (non-hydrogen) atoms. The minimum Gasteiger partial charge on any atom is -0.0651 e. The van der Waals surface area contributed by atoms with Crippen molar-refractivity contribution in [2.45, 2.75) is 39.5 Å². The van der Waals surface area contributed by atoms with E-state index in [1.807, 2.05) is 0 Å². The Bertz CT molecular complexity index is 458. The molecule has 0 heterocycles. The predicted octanol–water partition coefficient (Wildman–Crippen LogP) is 5.26. The molecular formula is C18H22. The highest BCUT2D eigenvalue weighted by atomic mass is 14.1. The molecule has 2 rings (SSSR count). The first-order chi connectivity index (χ1) is 8.86. The second kappa shape index (κ2) is 6.39. The number of hydrogen-bond donors (Lipinski definition) is 0. The summed E-state index contributed by atoms with van der Waals surface area (Å²) in [6.07, 6.45) is 4.74. The summed E-state index contributed by atoms with van der Waals surface area (Å²) in [4.78, 5) is 0. The van der Waals surface area contributed by atoms with Gasteiger partial charge in [0.15, 0.2) is 0 Å². The summed E-state index contributed by atoms with van der Waals surface area (Å²) in [5.41, 5.74) is 5.83. The van der Waals surface area contributed by atoms with Gasteiger partial charge in [0.2, 0.25) is 0 Å². The lowest BCUT2D eigenvalue weighted by atomic mass is 9.90. The van der Waals surface area contributed by atoms with Gasteiger partial charge in [0, 0.05) is 0 Å². The summed E-state index contributed by atoms with van der Waals surface area (Å²) in [7, 11) is 0. The fourth-order valence-electron chi connectivity index (χ4n) is 2.58. The number of hydrogen-bond acceptors (Lipinski definition) is 0. The highest BCUT2D eigenvalue weighted by Crippen LogP contribution is 2.29. The lowest BCUT2D eigenvalue weighted by Gasteiger charge is -2.14. The van der Waals surface area contributed by atoms with Crippen LogP contribution in [0.2, 0.25) is 0 Å². The first-order valence-electron chi connectivity index (χ1n) is 7.03. The highest BCUT2D eigenvalue weighted by molar-refractivity contribution is 5.71. The van der Waals surface area contributed by atoms with Gasteiger partial charge in [-0.15, -0.1) is 0 Å². The van der Waals surface area contributed by atoms with Gasteiger partial charge in [-0.2, -0.15) is 0 Å². The van der Waals surface area contributed by atoms with Crippen LogP contribution in [0, 0.1) is 0 Å². The molecule has 0 radical (unpaired) electrons. The van der Waals surface area contributed by atoms with Gasteiger partial charge in [-0.1, -0.05) is 75.2 Å². The largest absolute Gasteiger partial charge is 0.0651 e. The zero-order valence-electron chi connectivity index (χ0n) is 11.4. The SMILES string of the molecule is CCCc1cccc(CCC)c1-c1ccccc1. The zero-order valence-corrected chi connectivity index (χ0v) is 11.4. The Hall–Kier alpha value is -1.56. The summed E-state index contributed by atoms with van der Waals surface area (Å²) >= 11 is 0. The van der Waals surface area contributed by atoms with Crippen molar-refractivity contribution >= 4 is 0 Å². The van der Waals surface area contributed by atoms with Crippen molar-refractivity contribution in [3.05, 3.63) is 59.7 Å². The van der Waals surface area contributed by atoms with Crippen molar-refractivity contribution in [2.24, 2.45) is 0 Å². The number of aryl methyl sites for hydroxylation is 2. The standard InChI is InChI=1S/C18H22/c1-3-9-15-13-8-14-16(10-4-2)18(15)17-11-6-5-7-12-17/h5-8,11-14H,3-4,9-10H2,1-2H3. The minimum atomic E-state index is 1.17.